The fraction of sp³-hybridized carbons (Fsp3) is 1.00. The zero-order chi connectivity index (χ0) is 12.6. The molecule has 0 aromatic carbocycles. The first-order valence-corrected chi connectivity index (χ1v) is 8.35. The van der Waals surface area contributed by atoms with Crippen LogP contribution in [0.25, 0.3) is 0 Å². The highest BCUT2D eigenvalue weighted by Gasteiger charge is 2.65. The molecule has 0 radical (unpaired) electrons. The van der Waals surface area contributed by atoms with E-state index < -0.39 is 0 Å². The molecule has 0 N–H and O–H groups in total. The van der Waals surface area contributed by atoms with Crippen LogP contribution in [0.2, 0.25) is 0 Å². The van der Waals surface area contributed by atoms with Gasteiger partial charge in [0.2, 0.25) is 0 Å². The van der Waals surface area contributed by atoms with Gasteiger partial charge in [-0.1, -0.05) is 13.8 Å². The van der Waals surface area contributed by atoms with E-state index in [0.29, 0.717) is 0 Å². The third-order valence-corrected chi connectivity index (χ3v) is 6.91. The second-order valence-electron chi connectivity index (χ2n) is 8.23. The third kappa shape index (κ3) is 1.38. The molecule has 5 aliphatic rings. The van der Waals surface area contributed by atoms with E-state index in [1.54, 1.807) is 19.3 Å². The van der Waals surface area contributed by atoms with Gasteiger partial charge >= 0.3 is 0 Å². The number of likely N-dealkylation sites (tertiary alicyclic amines) is 1. The van der Waals surface area contributed by atoms with Crippen molar-refractivity contribution >= 4 is 0 Å². The van der Waals surface area contributed by atoms with Gasteiger partial charge < -0.3 is 0 Å². The molecule has 4 aliphatic carbocycles. The molecule has 2 bridgehead atoms. The standard InChI is InChI=1S/C17H29N/c1-9(2)17-16-12-6-5-11(13-7-14(12)13)15(16)8-18(17)10(3)4/h9-17H,5-8H2,1-4H3. The summed E-state index contributed by atoms with van der Waals surface area (Å²) < 4.78 is 0. The molecule has 5 rings (SSSR count). The van der Waals surface area contributed by atoms with E-state index in [2.05, 4.69) is 32.6 Å². The highest BCUT2D eigenvalue weighted by Crippen LogP contribution is 2.69. The minimum atomic E-state index is 0.749. The SMILES string of the molecule is CC(C)C1C2C3CCC(C4CC43)C2CN1C(C)C. The quantitative estimate of drug-likeness (QED) is 0.720. The first-order chi connectivity index (χ1) is 8.59. The number of fused-ring (bicyclic) bond motifs is 1. The summed E-state index contributed by atoms with van der Waals surface area (Å²) in [6.07, 6.45) is 4.75. The minimum Gasteiger partial charge on any atom is -0.297 e. The number of nitrogens with zero attached hydrogens (tertiary/aromatic N) is 1. The molecule has 5 fully saturated rings. The number of rotatable bonds is 2. The van der Waals surface area contributed by atoms with Gasteiger partial charge in [-0.05, 0) is 74.5 Å². The molecule has 1 nitrogen and oxygen atoms in total. The van der Waals surface area contributed by atoms with Crippen LogP contribution in [0.15, 0.2) is 0 Å². The summed E-state index contributed by atoms with van der Waals surface area (Å²) >= 11 is 0. The van der Waals surface area contributed by atoms with E-state index in [-0.39, 0.29) is 0 Å². The van der Waals surface area contributed by atoms with Crippen LogP contribution in [-0.4, -0.2) is 23.5 Å². The first kappa shape index (κ1) is 11.8. The van der Waals surface area contributed by atoms with E-state index >= 15 is 0 Å². The lowest BCUT2D eigenvalue weighted by Crippen LogP contribution is -2.46. The smallest absolute Gasteiger partial charge is 0.0155 e. The van der Waals surface area contributed by atoms with Crippen LogP contribution in [0.4, 0.5) is 0 Å². The Bertz CT molecular complexity index is 348. The monoisotopic (exact) mass is 247 g/mol. The van der Waals surface area contributed by atoms with Gasteiger partial charge in [0, 0.05) is 18.6 Å². The van der Waals surface area contributed by atoms with Gasteiger partial charge in [-0.25, -0.2) is 0 Å². The molecule has 1 aliphatic heterocycles. The fourth-order valence-corrected chi connectivity index (χ4v) is 6.38. The fourth-order valence-electron chi connectivity index (χ4n) is 6.38. The Morgan fingerprint density at radius 2 is 1.50 bits per heavy atom. The summed E-state index contributed by atoms with van der Waals surface area (Å²) in [6, 6.07) is 1.64. The van der Waals surface area contributed by atoms with E-state index in [9.17, 15) is 0 Å². The Kier molecular flexibility index (Phi) is 2.45. The van der Waals surface area contributed by atoms with Crippen LogP contribution in [0.3, 0.4) is 0 Å². The molecule has 7 unspecified atom stereocenters. The van der Waals surface area contributed by atoms with Crippen LogP contribution in [0.1, 0.15) is 47.0 Å². The van der Waals surface area contributed by atoms with Crippen molar-refractivity contribution in [2.75, 3.05) is 6.54 Å². The molecule has 7 atom stereocenters. The van der Waals surface area contributed by atoms with Crippen molar-refractivity contribution in [1.29, 1.82) is 0 Å². The molecule has 1 saturated heterocycles. The highest BCUT2D eigenvalue weighted by molar-refractivity contribution is 5.15. The molecule has 102 valence electrons. The maximum absolute atomic E-state index is 2.87. The van der Waals surface area contributed by atoms with Gasteiger partial charge in [-0.15, -0.1) is 0 Å². The largest absolute Gasteiger partial charge is 0.297 e. The lowest BCUT2D eigenvalue weighted by Gasteiger charge is -2.47. The van der Waals surface area contributed by atoms with Gasteiger partial charge in [-0.2, -0.15) is 0 Å². The molecule has 4 saturated carbocycles. The van der Waals surface area contributed by atoms with Crippen molar-refractivity contribution in [3.05, 3.63) is 0 Å². The summed E-state index contributed by atoms with van der Waals surface area (Å²) in [5.74, 6) is 7.55. The lowest BCUT2D eigenvalue weighted by atomic mass is 9.57. The molecule has 0 spiro atoms. The normalized spacial score (nSPS) is 54.0. The maximum atomic E-state index is 2.87. The van der Waals surface area contributed by atoms with Crippen LogP contribution in [-0.2, 0) is 0 Å². The topological polar surface area (TPSA) is 3.24 Å². The summed E-state index contributed by atoms with van der Waals surface area (Å²) in [4.78, 5) is 2.87. The predicted molar refractivity (Wildman–Crippen MR) is 75.3 cm³/mol. The molecular formula is C17H29N. The molecule has 0 amide bonds. The Labute approximate surface area is 112 Å². The summed E-state index contributed by atoms with van der Waals surface area (Å²) in [6.45, 7) is 11.2. The molecule has 1 heterocycles. The summed E-state index contributed by atoms with van der Waals surface area (Å²) in [5.41, 5.74) is 0. The number of hydrogen-bond donors (Lipinski definition) is 0. The van der Waals surface area contributed by atoms with E-state index in [1.165, 1.54) is 18.4 Å². The summed E-state index contributed by atoms with van der Waals surface area (Å²) in [5, 5.41) is 0. The second-order valence-corrected chi connectivity index (χ2v) is 8.23. The van der Waals surface area contributed by atoms with Gasteiger partial charge in [0.05, 0.1) is 0 Å². The Hall–Kier alpha value is -0.0400. The van der Waals surface area contributed by atoms with Crippen molar-refractivity contribution in [1.82, 2.24) is 4.90 Å². The Morgan fingerprint density at radius 1 is 0.833 bits per heavy atom. The molecule has 1 heteroatoms. The lowest BCUT2D eigenvalue weighted by molar-refractivity contribution is 0.0186. The predicted octanol–water partition coefficient (Wildman–Crippen LogP) is 3.64. The third-order valence-electron chi connectivity index (χ3n) is 6.91. The van der Waals surface area contributed by atoms with Crippen molar-refractivity contribution in [3.8, 4) is 0 Å². The number of hydrogen-bond acceptors (Lipinski definition) is 1. The van der Waals surface area contributed by atoms with Gasteiger partial charge in [0.25, 0.3) is 0 Å². The zero-order valence-corrected chi connectivity index (χ0v) is 12.5. The van der Waals surface area contributed by atoms with E-state index in [0.717, 1.165) is 41.7 Å². The van der Waals surface area contributed by atoms with Crippen LogP contribution >= 0.6 is 0 Å². The first-order valence-electron chi connectivity index (χ1n) is 8.35. The molecule has 0 aromatic heterocycles. The molecular weight excluding hydrogens is 218 g/mol. The van der Waals surface area contributed by atoms with Crippen molar-refractivity contribution in [3.63, 3.8) is 0 Å². The zero-order valence-electron chi connectivity index (χ0n) is 12.5. The average molecular weight is 247 g/mol. The van der Waals surface area contributed by atoms with Crippen molar-refractivity contribution in [2.45, 2.75) is 59.0 Å². The van der Waals surface area contributed by atoms with E-state index in [1.807, 2.05) is 0 Å². The molecule has 0 aromatic rings. The van der Waals surface area contributed by atoms with Crippen molar-refractivity contribution in [2.24, 2.45) is 41.4 Å². The van der Waals surface area contributed by atoms with E-state index in [4.69, 9.17) is 0 Å². The van der Waals surface area contributed by atoms with Crippen LogP contribution in [0, 0.1) is 41.4 Å². The Morgan fingerprint density at radius 3 is 2.17 bits per heavy atom. The van der Waals surface area contributed by atoms with Gasteiger partial charge in [0.15, 0.2) is 0 Å². The minimum absolute atomic E-state index is 0.749. The highest BCUT2D eigenvalue weighted by atomic mass is 15.2. The Balaban J connectivity index is 1.68. The van der Waals surface area contributed by atoms with Crippen LogP contribution in [0.5, 0.6) is 0 Å². The maximum Gasteiger partial charge on any atom is 0.0155 e. The van der Waals surface area contributed by atoms with Gasteiger partial charge in [0.1, 0.15) is 0 Å². The van der Waals surface area contributed by atoms with Gasteiger partial charge in [-0.3, -0.25) is 4.90 Å². The van der Waals surface area contributed by atoms with Crippen LogP contribution < -0.4 is 0 Å². The summed E-state index contributed by atoms with van der Waals surface area (Å²) in [7, 11) is 0. The molecule has 18 heavy (non-hydrogen) atoms. The second kappa shape index (κ2) is 3.75. The van der Waals surface area contributed by atoms with Crippen molar-refractivity contribution < 1.29 is 0 Å². The average Bonchev–Trinajstić information content (AvgIpc) is 3.02.